The van der Waals surface area contributed by atoms with Crippen molar-refractivity contribution in [1.29, 1.82) is 0 Å². The number of carboxylic acid groups (broad SMARTS) is 1. The Morgan fingerprint density at radius 1 is 1.57 bits per heavy atom. The summed E-state index contributed by atoms with van der Waals surface area (Å²) in [5, 5.41) is 9.51. The number of hydrogen-bond acceptors (Lipinski definition) is 2. The van der Waals surface area contributed by atoms with Gasteiger partial charge in [-0.05, 0) is 0 Å². The van der Waals surface area contributed by atoms with Crippen LogP contribution in [0, 0.1) is 0 Å². The van der Waals surface area contributed by atoms with Crippen LogP contribution in [0.1, 0.15) is 0 Å². The summed E-state index contributed by atoms with van der Waals surface area (Å²) in [4.78, 5) is 10.5. The Labute approximate surface area is 64.6 Å². The zero-order valence-corrected chi connectivity index (χ0v) is 6.76. The molecule has 36 valence electrons. The quantitative estimate of drug-likeness (QED) is 0.298. The summed E-state index contributed by atoms with van der Waals surface area (Å²) in [6.07, 6.45) is -1.16. The summed E-state index contributed by atoms with van der Waals surface area (Å²) in [7, 11) is 2.82. The molecule has 0 aliphatic rings. The summed E-state index contributed by atoms with van der Waals surface area (Å²) in [6, 6.07) is 0. The summed E-state index contributed by atoms with van der Waals surface area (Å²) < 4.78 is 0. The fourth-order valence-corrected chi connectivity index (χ4v) is 0. The SMILES string of the molecule is CN(C)C(=O)[O-].[Na+]. The van der Waals surface area contributed by atoms with Crippen LogP contribution >= 0.6 is 0 Å². The maximum atomic E-state index is 9.51. The molecule has 0 aliphatic heterocycles. The van der Waals surface area contributed by atoms with Gasteiger partial charge in [0.2, 0.25) is 0 Å². The van der Waals surface area contributed by atoms with Gasteiger partial charge < -0.3 is 14.8 Å². The molecule has 0 aromatic carbocycles. The van der Waals surface area contributed by atoms with Gasteiger partial charge in [0, 0.05) is 14.1 Å². The number of carbonyl (C=O) groups is 1. The minimum absolute atomic E-state index is 0. The van der Waals surface area contributed by atoms with E-state index in [4.69, 9.17) is 0 Å². The van der Waals surface area contributed by atoms with Crippen molar-refractivity contribution in [1.82, 2.24) is 4.90 Å². The van der Waals surface area contributed by atoms with Crippen molar-refractivity contribution in [3.63, 3.8) is 0 Å². The van der Waals surface area contributed by atoms with Crippen molar-refractivity contribution in [3.8, 4) is 0 Å². The summed E-state index contributed by atoms with van der Waals surface area (Å²) >= 11 is 0. The first-order valence-corrected chi connectivity index (χ1v) is 1.53. The molecule has 0 heterocycles. The molecule has 0 spiro atoms. The van der Waals surface area contributed by atoms with Crippen molar-refractivity contribution in [3.05, 3.63) is 0 Å². The van der Waals surface area contributed by atoms with Gasteiger partial charge in [0.15, 0.2) is 0 Å². The molecule has 0 aromatic heterocycles. The Bertz CT molecular complexity index is 64.0. The van der Waals surface area contributed by atoms with E-state index >= 15 is 0 Å². The minimum Gasteiger partial charge on any atom is -0.530 e. The first-order chi connectivity index (χ1) is 2.64. The molecule has 0 radical (unpaired) electrons. The molecule has 0 saturated carbocycles. The Hall–Kier alpha value is 0.270. The van der Waals surface area contributed by atoms with Crippen LogP contribution in [-0.2, 0) is 0 Å². The predicted molar refractivity (Wildman–Crippen MR) is 19.1 cm³/mol. The number of carbonyl (C=O) groups excluding carboxylic acids is 1. The van der Waals surface area contributed by atoms with Crippen LogP contribution < -0.4 is 34.7 Å². The first-order valence-electron chi connectivity index (χ1n) is 1.53. The molecule has 0 aromatic rings. The van der Waals surface area contributed by atoms with Gasteiger partial charge in [-0.15, -0.1) is 0 Å². The maximum absolute atomic E-state index is 9.51. The van der Waals surface area contributed by atoms with E-state index in [-0.39, 0.29) is 29.6 Å². The Balaban J connectivity index is 0. The van der Waals surface area contributed by atoms with Crippen molar-refractivity contribution < 1.29 is 39.5 Å². The largest absolute Gasteiger partial charge is 1.00 e. The maximum Gasteiger partial charge on any atom is 1.00 e. The van der Waals surface area contributed by atoms with Gasteiger partial charge in [-0.3, -0.25) is 0 Å². The van der Waals surface area contributed by atoms with E-state index in [1.54, 1.807) is 0 Å². The molecule has 0 bridgehead atoms. The fourth-order valence-electron chi connectivity index (χ4n) is 0. The number of amides is 1. The Morgan fingerprint density at radius 2 is 1.71 bits per heavy atom. The molecule has 4 heteroatoms. The molecule has 3 nitrogen and oxygen atoms in total. The van der Waals surface area contributed by atoms with E-state index in [0.717, 1.165) is 4.90 Å². The molecule has 0 aliphatic carbocycles. The zero-order chi connectivity index (χ0) is 5.15. The van der Waals surface area contributed by atoms with Gasteiger partial charge in [0.05, 0.1) is 0 Å². The van der Waals surface area contributed by atoms with Crippen LogP contribution in [0.5, 0.6) is 0 Å². The van der Waals surface area contributed by atoms with E-state index in [9.17, 15) is 9.90 Å². The summed E-state index contributed by atoms with van der Waals surface area (Å²) in [5.41, 5.74) is 0. The van der Waals surface area contributed by atoms with E-state index in [2.05, 4.69) is 0 Å². The number of hydrogen-bond donors (Lipinski definition) is 0. The van der Waals surface area contributed by atoms with E-state index in [0.29, 0.717) is 0 Å². The third-order valence-corrected chi connectivity index (χ3v) is 0.365. The van der Waals surface area contributed by atoms with Crippen LogP contribution in [0.15, 0.2) is 0 Å². The first kappa shape index (κ1) is 10.3. The van der Waals surface area contributed by atoms with Crippen LogP contribution in [-0.4, -0.2) is 25.1 Å². The molecule has 0 rings (SSSR count). The van der Waals surface area contributed by atoms with Gasteiger partial charge in [0.25, 0.3) is 0 Å². The Kier molecular flexibility index (Phi) is 6.51. The van der Waals surface area contributed by atoms with Crippen molar-refractivity contribution in [2.45, 2.75) is 0 Å². The number of rotatable bonds is 0. The van der Waals surface area contributed by atoms with Gasteiger partial charge in [0.1, 0.15) is 6.09 Å². The molecule has 0 unspecified atom stereocenters. The van der Waals surface area contributed by atoms with E-state index in [1.807, 2.05) is 0 Å². The van der Waals surface area contributed by atoms with Gasteiger partial charge in [-0.2, -0.15) is 0 Å². The van der Waals surface area contributed by atoms with Gasteiger partial charge in [-0.1, -0.05) is 0 Å². The number of nitrogens with zero attached hydrogens (tertiary/aromatic N) is 1. The minimum atomic E-state index is -1.16. The average Bonchev–Trinajstić information content (AvgIpc) is 1.36. The molecular weight excluding hydrogens is 105 g/mol. The molecule has 0 N–H and O–H groups in total. The summed E-state index contributed by atoms with van der Waals surface area (Å²) in [6.45, 7) is 0. The van der Waals surface area contributed by atoms with Crippen molar-refractivity contribution >= 4 is 6.09 Å². The second-order valence-corrected chi connectivity index (χ2v) is 1.16. The fraction of sp³-hybridized carbons (Fsp3) is 0.667. The third kappa shape index (κ3) is 6.27. The predicted octanol–water partition coefficient (Wildman–Crippen LogP) is -4.10. The third-order valence-electron chi connectivity index (χ3n) is 0.365. The molecule has 1 amide bonds. The zero-order valence-electron chi connectivity index (χ0n) is 4.76. The Morgan fingerprint density at radius 3 is 1.71 bits per heavy atom. The van der Waals surface area contributed by atoms with Gasteiger partial charge in [-0.25, -0.2) is 0 Å². The van der Waals surface area contributed by atoms with E-state index in [1.165, 1.54) is 14.1 Å². The average molecular weight is 111 g/mol. The van der Waals surface area contributed by atoms with Crippen molar-refractivity contribution in [2.75, 3.05) is 14.1 Å². The van der Waals surface area contributed by atoms with E-state index < -0.39 is 6.09 Å². The van der Waals surface area contributed by atoms with Crippen LogP contribution in [0.4, 0.5) is 4.79 Å². The smallest absolute Gasteiger partial charge is 0.530 e. The molecule has 0 atom stereocenters. The van der Waals surface area contributed by atoms with Crippen LogP contribution in [0.3, 0.4) is 0 Å². The summed E-state index contributed by atoms with van der Waals surface area (Å²) in [5.74, 6) is 0. The van der Waals surface area contributed by atoms with Crippen LogP contribution in [0.25, 0.3) is 0 Å². The molecular formula is C3H6NNaO2. The molecule has 0 fully saturated rings. The molecule has 0 saturated heterocycles. The topological polar surface area (TPSA) is 43.4 Å². The normalized spacial score (nSPS) is 6.57. The van der Waals surface area contributed by atoms with Gasteiger partial charge >= 0.3 is 29.6 Å². The second kappa shape index (κ2) is 4.43. The van der Waals surface area contributed by atoms with Crippen LogP contribution in [0.2, 0.25) is 0 Å². The standard InChI is InChI=1S/C3H7NO2.Na/c1-4(2)3(5)6;/h1-2H3,(H,5,6);/q;+1/p-1. The molecule has 7 heavy (non-hydrogen) atoms. The van der Waals surface area contributed by atoms with Crippen molar-refractivity contribution in [2.24, 2.45) is 0 Å². The second-order valence-electron chi connectivity index (χ2n) is 1.16. The monoisotopic (exact) mass is 111 g/mol.